The first-order valence-electron chi connectivity index (χ1n) is 26.0. The Balaban J connectivity index is 1.76. The Labute approximate surface area is 429 Å². The van der Waals surface area contributed by atoms with Crippen LogP contribution in [0.3, 0.4) is 0 Å². The smallest absolute Gasteiger partial charge is 0.385 e. The van der Waals surface area contributed by atoms with E-state index in [9.17, 15) is 0 Å². The van der Waals surface area contributed by atoms with E-state index in [1.165, 1.54) is 33.8 Å². The zero-order valence-corrected chi connectivity index (χ0v) is 49.6. The third-order valence-corrected chi connectivity index (χ3v) is 14.6. The van der Waals surface area contributed by atoms with E-state index in [4.69, 9.17) is 13.6 Å². The van der Waals surface area contributed by atoms with Crippen molar-refractivity contribution in [2.75, 3.05) is 61.9 Å². The van der Waals surface area contributed by atoms with Gasteiger partial charge in [0, 0.05) is 85.7 Å². The number of hydrogen-bond acceptors (Lipinski definition) is 7. The molecule has 392 valence electrons. The predicted octanol–water partition coefficient (Wildman–Crippen LogP) is 14.7. The second kappa shape index (κ2) is 19.6. The Morgan fingerprint density at radius 1 is 0.394 bits per heavy atom. The van der Waals surface area contributed by atoms with Gasteiger partial charge in [-0.25, -0.2) is 0 Å². The standard InChI is InChI=1S/C60H93N6O4P/c1-55(2,3)52-40(34-37-61(19)20)49-43(64(52)58(10,11)12)28-25-31-46(49)68-71(67,69-47-32-26-29-44-50(47)41(35-38-62(21)22)53(56(4,5)6)65(44)59(13,14)15)70-48-33-27-30-45-51(48)42(36-39-63(23)24)54(57(7,8)9)66(45)60(16,17)18/h25-33H,34-39H2,1-24H3. The fraction of sp³-hybridized carbons (Fsp3) is 0.600. The minimum atomic E-state index is -4.69. The third-order valence-electron chi connectivity index (χ3n) is 13.4. The fourth-order valence-corrected chi connectivity index (χ4v) is 12.3. The van der Waals surface area contributed by atoms with Gasteiger partial charge in [-0.2, -0.15) is 4.57 Å². The highest BCUT2D eigenvalue weighted by Crippen LogP contribution is 2.57. The summed E-state index contributed by atoms with van der Waals surface area (Å²) >= 11 is 0. The molecule has 71 heavy (non-hydrogen) atoms. The van der Waals surface area contributed by atoms with Crippen molar-refractivity contribution in [2.45, 2.75) is 177 Å². The number of phosphoric acid groups is 1. The minimum absolute atomic E-state index is 0.227. The number of phosphoric ester groups is 1. The van der Waals surface area contributed by atoms with Crippen LogP contribution in [0.15, 0.2) is 54.6 Å². The second-order valence-electron chi connectivity index (χ2n) is 27.1. The molecule has 10 nitrogen and oxygen atoms in total. The number of nitrogens with zero attached hydrogens (tertiary/aromatic N) is 6. The SMILES string of the molecule is CN(C)CCc1c(C(C)(C)C)n(C(C)(C)C)c2cccc(OP(=O)(Oc3cccc4c3c(CCN(C)C)c(C(C)(C)C)n4C(C)(C)C)Oc3cccc4c3c(CCN(C)C)c(C(C)(C)C)n4C(C)(C)C)c12. The lowest BCUT2D eigenvalue weighted by atomic mass is 9.86. The van der Waals surface area contributed by atoms with Crippen molar-refractivity contribution in [3.8, 4) is 17.2 Å². The monoisotopic (exact) mass is 993 g/mol. The van der Waals surface area contributed by atoms with E-state index in [1.807, 2.05) is 36.4 Å². The lowest BCUT2D eigenvalue weighted by molar-refractivity contribution is 0.301. The molecule has 6 aromatic rings. The zero-order chi connectivity index (χ0) is 53.4. The summed E-state index contributed by atoms with van der Waals surface area (Å²) in [6, 6.07) is 18.4. The summed E-state index contributed by atoms with van der Waals surface area (Å²) in [5.41, 5.74) is 8.78. The first-order valence-corrected chi connectivity index (χ1v) is 27.5. The van der Waals surface area contributed by atoms with Crippen LogP contribution in [0.25, 0.3) is 32.7 Å². The van der Waals surface area contributed by atoms with Gasteiger partial charge in [0.05, 0.1) is 16.6 Å². The second-order valence-corrected chi connectivity index (χ2v) is 28.5. The molecule has 0 spiro atoms. The summed E-state index contributed by atoms with van der Waals surface area (Å²) in [4.78, 5) is 6.67. The molecule has 0 unspecified atom stereocenters. The van der Waals surface area contributed by atoms with Crippen molar-refractivity contribution < 1.29 is 18.1 Å². The predicted molar refractivity (Wildman–Crippen MR) is 303 cm³/mol. The van der Waals surface area contributed by atoms with Gasteiger partial charge in [0.1, 0.15) is 17.2 Å². The largest absolute Gasteiger partial charge is 0.647 e. The number of fused-ring (bicyclic) bond motifs is 3. The third kappa shape index (κ3) is 11.6. The minimum Gasteiger partial charge on any atom is -0.385 e. The number of aromatic nitrogens is 3. The van der Waals surface area contributed by atoms with Gasteiger partial charge in [0.15, 0.2) is 0 Å². The van der Waals surface area contributed by atoms with E-state index in [0.29, 0.717) is 17.2 Å². The molecule has 0 aliphatic rings. The molecular formula is C60H93N6O4P. The Kier molecular flexibility index (Phi) is 15.5. The average Bonchev–Trinajstić information content (AvgIpc) is 3.86. The van der Waals surface area contributed by atoms with E-state index in [2.05, 4.69) is 214 Å². The number of hydrogen-bond donors (Lipinski definition) is 0. The molecule has 3 aromatic heterocycles. The normalized spacial score (nSPS) is 13.8. The van der Waals surface area contributed by atoms with Crippen molar-refractivity contribution in [1.29, 1.82) is 0 Å². The summed E-state index contributed by atoms with van der Waals surface area (Å²) < 4.78 is 46.0. The maximum Gasteiger partial charge on any atom is 0.647 e. The van der Waals surface area contributed by atoms with Gasteiger partial charge in [0.25, 0.3) is 0 Å². The lowest BCUT2D eigenvalue weighted by Crippen LogP contribution is -2.30. The Morgan fingerprint density at radius 2 is 0.620 bits per heavy atom. The van der Waals surface area contributed by atoms with Crippen LogP contribution < -0.4 is 13.6 Å². The molecule has 0 radical (unpaired) electrons. The molecule has 0 fully saturated rings. The van der Waals surface area contributed by atoms with Gasteiger partial charge in [-0.15, -0.1) is 0 Å². The summed E-state index contributed by atoms with van der Waals surface area (Å²) in [6.07, 6.45) is 2.29. The Hall–Kier alpha value is -4.21. The van der Waals surface area contributed by atoms with Gasteiger partial charge in [-0.3, -0.25) is 0 Å². The Bertz CT molecular complexity index is 2610. The first kappa shape index (κ1) is 56.1. The number of rotatable bonds is 15. The molecule has 3 aromatic carbocycles. The molecule has 0 amide bonds. The molecule has 0 bridgehead atoms. The Morgan fingerprint density at radius 3 is 0.803 bits per heavy atom. The molecule has 6 rings (SSSR count). The maximum absolute atomic E-state index is 16.9. The number of likely N-dealkylation sites (N-methyl/N-ethyl adjacent to an activating group) is 3. The molecule has 3 heterocycles. The van der Waals surface area contributed by atoms with Crippen molar-refractivity contribution in [3.05, 3.63) is 88.4 Å². The van der Waals surface area contributed by atoms with E-state index < -0.39 is 7.82 Å². The van der Waals surface area contributed by atoms with Gasteiger partial charge in [0.2, 0.25) is 0 Å². The lowest BCUT2D eigenvalue weighted by Gasteiger charge is -2.32. The van der Waals surface area contributed by atoms with Crippen LogP contribution in [0, 0.1) is 0 Å². The molecule has 0 aliphatic carbocycles. The fourth-order valence-electron chi connectivity index (χ4n) is 11.0. The maximum atomic E-state index is 16.9. The van der Waals surface area contributed by atoms with Crippen LogP contribution in [0.4, 0.5) is 0 Å². The van der Waals surface area contributed by atoms with Gasteiger partial charge in [-0.05, 0) is 177 Å². The van der Waals surface area contributed by atoms with Gasteiger partial charge >= 0.3 is 7.82 Å². The van der Waals surface area contributed by atoms with Crippen LogP contribution >= 0.6 is 7.82 Å². The van der Waals surface area contributed by atoms with Crippen molar-refractivity contribution >= 4 is 40.5 Å². The molecule has 0 N–H and O–H groups in total. The number of benzene rings is 3. The molecule has 0 saturated heterocycles. The average molecular weight is 993 g/mol. The highest BCUT2D eigenvalue weighted by atomic mass is 31.2. The van der Waals surface area contributed by atoms with Crippen LogP contribution in [-0.4, -0.2) is 90.3 Å². The van der Waals surface area contributed by atoms with Crippen molar-refractivity contribution in [1.82, 2.24) is 28.4 Å². The zero-order valence-electron chi connectivity index (χ0n) is 48.7. The summed E-state index contributed by atoms with van der Waals surface area (Å²) in [6.45, 7) is 43.4. The highest BCUT2D eigenvalue weighted by Gasteiger charge is 2.41. The molecule has 0 atom stereocenters. The van der Waals surface area contributed by atoms with Crippen LogP contribution in [-0.2, 0) is 56.7 Å². The van der Waals surface area contributed by atoms with E-state index in [0.717, 1.165) is 71.6 Å². The molecule has 0 saturated carbocycles. The van der Waals surface area contributed by atoms with E-state index in [1.54, 1.807) is 0 Å². The van der Waals surface area contributed by atoms with Crippen LogP contribution in [0.1, 0.15) is 158 Å². The summed E-state index contributed by atoms with van der Waals surface area (Å²) in [7, 11) is 8.00. The van der Waals surface area contributed by atoms with Crippen LogP contribution in [0.5, 0.6) is 17.2 Å². The quantitative estimate of drug-likeness (QED) is 0.0950. The molecular weight excluding hydrogens is 900 g/mol. The molecule has 0 aliphatic heterocycles. The van der Waals surface area contributed by atoms with Crippen molar-refractivity contribution in [3.63, 3.8) is 0 Å². The van der Waals surface area contributed by atoms with Gasteiger partial charge < -0.3 is 42.0 Å². The molecule has 11 heteroatoms. The topological polar surface area (TPSA) is 69.3 Å². The van der Waals surface area contributed by atoms with Gasteiger partial charge in [-0.1, -0.05) is 80.5 Å². The van der Waals surface area contributed by atoms with Crippen LogP contribution in [0.2, 0.25) is 0 Å². The summed E-state index contributed by atoms with van der Waals surface area (Å²) in [5, 5.41) is 2.79. The van der Waals surface area contributed by atoms with E-state index in [-0.39, 0.29) is 32.9 Å². The van der Waals surface area contributed by atoms with Crippen molar-refractivity contribution in [2.24, 2.45) is 0 Å². The highest BCUT2D eigenvalue weighted by molar-refractivity contribution is 7.49. The summed E-state index contributed by atoms with van der Waals surface area (Å²) in [5.74, 6) is 1.41. The van der Waals surface area contributed by atoms with E-state index >= 15 is 4.57 Å². The first-order chi connectivity index (χ1) is 32.4.